The molecule has 0 fully saturated rings. The summed E-state index contributed by atoms with van der Waals surface area (Å²) in [5.41, 5.74) is 5.09. The van der Waals surface area contributed by atoms with E-state index in [4.69, 9.17) is 0 Å². The Kier molecular flexibility index (Phi) is 6.83. The largest absolute Gasteiger partial charge is 0.325 e. The van der Waals surface area contributed by atoms with Gasteiger partial charge in [-0.2, -0.15) is 0 Å². The summed E-state index contributed by atoms with van der Waals surface area (Å²) < 4.78 is 0. The second-order valence-corrected chi connectivity index (χ2v) is 7.35. The molecule has 4 nitrogen and oxygen atoms in total. The van der Waals surface area contributed by atoms with Crippen LogP contribution in [0.25, 0.3) is 0 Å². The molecule has 0 saturated heterocycles. The van der Waals surface area contributed by atoms with Crippen LogP contribution >= 0.6 is 0 Å². The molecule has 1 amide bonds. The topological polar surface area (TPSA) is 54.0 Å². The third kappa shape index (κ3) is 5.65. The zero-order valence-corrected chi connectivity index (χ0v) is 17.2. The molecule has 0 spiro atoms. The molecule has 4 rings (SSSR count). The average molecular weight is 408 g/mol. The third-order valence-corrected chi connectivity index (χ3v) is 5.11. The smallest absolute Gasteiger partial charge is 0.238 e. The van der Waals surface area contributed by atoms with Crippen LogP contribution in [0.2, 0.25) is 0 Å². The summed E-state index contributed by atoms with van der Waals surface area (Å²) in [6.07, 6.45) is 2.54. The highest BCUT2D eigenvalue weighted by atomic mass is 16.1. The number of nitrogens with zero attached hydrogens (tertiary/aromatic N) is 1. The minimum Gasteiger partial charge on any atom is -0.325 e. The molecule has 0 radical (unpaired) electrons. The van der Waals surface area contributed by atoms with Crippen molar-refractivity contribution in [2.75, 3.05) is 11.9 Å². The van der Waals surface area contributed by atoms with Crippen LogP contribution in [0.5, 0.6) is 0 Å². The summed E-state index contributed by atoms with van der Waals surface area (Å²) in [5.74, 6) is -0.0858. The van der Waals surface area contributed by atoms with Gasteiger partial charge in [-0.15, -0.1) is 0 Å². The number of benzene rings is 3. The normalized spacial score (nSPS) is 11.6. The van der Waals surface area contributed by atoms with Gasteiger partial charge in [-0.3, -0.25) is 15.1 Å². The predicted molar refractivity (Wildman–Crippen MR) is 125 cm³/mol. The zero-order valence-electron chi connectivity index (χ0n) is 17.2. The van der Waals surface area contributed by atoms with Crippen molar-refractivity contribution in [2.24, 2.45) is 0 Å². The van der Waals surface area contributed by atoms with E-state index in [0.29, 0.717) is 0 Å². The van der Waals surface area contributed by atoms with Gasteiger partial charge in [0.05, 0.1) is 18.3 Å². The maximum absolute atomic E-state index is 12.8. The second kappa shape index (κ2) is 10.3. The number of rotatable bonds is 8. The number of carbonyl (C=O) groups excluding carboxylic acids is 1. The van der Waals surface area contributed by atoms with Crippen LogP contribution in [0.15, 0.2) is 109 Å². The lowest BCUT2D eigenvalue weighted by Gasteiger charge is -2.19. The maximum Gasteiger partial charge on any atom is 0.238 e. The molecule has 0 aliphatic rings. The first-order valence-corrected chi connectivity index (χ1v) is 10.4. The van der Waals surface area contributed by atoms with E-state index >= 15 is 0 Å². The molecule has 1 aromatic heterocycles. The molecular formula is C27H25N3O. The monoisotopic (exact) mass is 407 g/mol. The van der Waals surface area contributed by atoms with Crippen molar-refractivity contribution in [2.45, 2.75) is 12.5 Å². The van der Waals surface area contributed by atoms with Crippen molar-refractivity contribution >= 4 is 11.6 Å². The van der Waals surface area contributed by atoms with Crippen molar-refractivity contribution in [1.82, 2.24) is 10.3 Å². The quantitative estimate of drug-likeness (QED) is 0.433. The number of pyridine rings is 1. The Labute approximate surface area is 183 Å². The standard InChI is InChI=1S/C27H25N3O/c31-26(30-24-16-8-7-15-23(24)19-21-11-3-1-4-12-21)20-29-27(22-13-5-2-6-14-22)25-17-9-10-18-28-25/h1-18,27,29H,19-20H2,(H,30,31). The molecule has 3 aromatic carbocycles. The van der Waals surface area contributed by atoms with Crippen LogP contribution in [-0.2, 0) is 11.2 Å². The van der Waals surface area contributed by atoms with Crippen molar-refractivity contribution in [3.8, 4) is 0 Å². The highest BCUT2D eigenvalue weighted by Crippen LogP contribution is 2.21. The summed E-state index contributed by atoms with van der Waals surface area (Å²) in [6.45, 7) is 0.176. The Hall–Kier alpha value is -3.76. The van der Waals surface area contributed by atoms with Gasteiger partial charge in [0.15, 0.2) is 0 Å². The molecule has 4 heteroatoms. The van der Waals surface area contributed by atoms with E-state index in [1.165, 1.54) is 5.56 Å². The summed E-state index contributed by atoms with van der Waals surface area (Å²) >= 11 is 0. The fourth-order valence-electron chi connectivity index (χ4n) is 3.59. The molecule has 1 unspecified atom stereocenters. The SMILES string of the molecule is O=C(CNC(c1ccccc1)c1ccccn1)Nc1ccccc1Cc1ccccc1. The minimum atomic E-state index is -0.160. The number of amides is 1. The van der Waals surface area contributed by atoms with Gasteiger partial charge in [0.2, 0.25) is 5.91 Å². The molecule has 2 N–H and O–H groups in total. The van der Waals surface area contributed by atoms with Crippen molar-refractivity contribution in [3.05, 3.63) is 132 Å². The zero-order chi connectivity index (χ0) is 21.3. The number of carbonyl (C=O) groups is 1. The summed E-state index contributed by atoms with van der Waals surface area (Å²) in [6, 6.07) is 33.9. The van der Waals surface area contributed by atoms with Gasteiger partial charge in [0.1, 0.15) is 0 Å². The number of nitrogens with one attached hydrogen (secondary N) is 2. The van der Waals surface area contributed by atoms with E-state index in [1.807, 2.05) is 84.9 Å². The van der Waals surface area contributed by atoms with E-state index in [0.717, 1.165) is 28.9 Å². The van der Waals surface area contributed by atoms with Gasteiger partial charge < -0.3 is 5.32 Å². The van der Waals surface area contributed by atoms with Crippen LogP contribution in [0.4, 0.5) is 5.69 Å². The molecule has 0 aliphatic carbocycles. The van der Waals surface area contributed by atoms with Crippen LogP contribution in [0.3, 0.4) is 0 Å². The number of aromatic nitrogens is 1. The van der Waals surface area contributed by atoms with E-state index in [9.17, 15) is 4.79 Å². The van der Waals surface area contributed by atoms with Crippen LogP contribution in [-0.4, -0.2) is 17.4 Å². The van der Waals surface area contributed by atoms with E-state index < -0.39 is 0 Å². The van der Waals surface area contributed by atoms with Crippen LogP contribution in [0, 0.1) is 0 Å². The first-order valence-electron chi connectivity index (χ1n) is 10.4. The van der Waals surface area contributed by atoms with E-state index in [1.54, 1.807) is 6.20 Å². The highest BCUT2D eigenvalue weighted by molar-refractivity contribution is 5.93. The van der Waals surface area contributed by atoms with Gasteiger partial charge in [0.25, 0.3) is 0 Å². The van der Waals surface area contributed by atoms with Gasteiger partial charge in [-0.1, -0.05) is 84.9 Å². The molecule has 0 bridgehead atoms. The molecule has 1 atom stereocenters. The fourth-order valence-corrected chi connectivity index (χ4v) is 3.59. The molecular weight excluding hydrogens is 382 g/mol. The molecule has 31 heavy (non-hydrogen) atoms. The second-order valence-electron chi connectivity index (χ2n) is 7.35. The molecule has 1 heterocycles. The molecule has 154 valence electrons. The Bertz CT molecular complexity index is 1060. The van der Waals surface area contributed by atoms with Gasteiger partial charge in [0, 0.05) is 11.9 Å². The first-order chi connectivity index (χ1) is 15.3. The van der Waals surface area contributed by atoms with E-state index in [-0.39, 0.29) is 18.5 Å². The Morgan fingerprint density at radius 2 is 1.45 bits per heavy atom. The van der Waals surface area contributed by atoms with Gasteiger partial charge in [-0.05, 0) is 41.3 Å². The van der Waals surface area contributed by atoms with Crippen LogP contribution < -0.4 is 10.6 Å². The van der Waals surface area contributed by atoms with Gasteiger partial charge in [-0.25, -0.2) is 0 Å². The summed E-state index contributed by atoms with van der Waals surface area (Å²) in [7, 11) is 0. The third-order valence-electron chi connectivity index (χ3n) is 5.11. The maximum atomic E-state index is 12.8. The fraction of sp³-hybridized carbons (Fsp3) is 0.111. The van der Waals surface area contributed by atoms with Crippen molar-refractivity contribution < 1.29 is 4.79 Å². The van der Waals surface area contributed by atoms with Crippen molar-refractivity contribution in [1.29, 1.82) is 0 Å². The lowest BCUT2D eigenvalue weighted by atomic mass is 10.0. The number of hydrogen-bond donors (Lipinski definition) is 2. The van der Waals surface area contributed by atoms with E-state index in [2.05, 4.69) is 33.8 Å². The van der Waals surface area contributed by atoms with Crippen molar-refractivity contribution in [3.63, 3.8) is 0 Å². The summed E-state index contributed by atoms with van der Waals surface area (Å²) in [4.78, 5) is 17.3. The lowest BCUT2D eigenvalue weighted by molar-refractivity contribution is -0.115. The Morgan fingerprint density at radius 3 is 2.19 bits per heavy atom. The highest BCUT2D eigenvalue weighted by Gasteiger charge is 2.16. The Balaban J connectivity index is 1.45. The lowest BCUT2D eigenvalue weighted by Crippen LogP contribution is -2.32. The van der Waals surface area contributed by atoms with Crippen LogP contribution in [0.1, 0.15) is 28.4 Å². The molecule has 0 saturated carbocycles. The number of anilines is 1. The Morgan fingerprint density at radius 1 is 0.774 bits per heavy atom. The average Bonchev–Trinajstić information content (AvgIpc) is 2.83. The minimum absolute atomic E-state index is 0.0858. The summed E-state index contributed by atoms with van der Waals surface area (Å²) in [5, 5.41) is 6.43. The first kappa shape index (κ1) is 20.5. The molecule has 4 aromatic rings. The predicted octanol–water partition coefficient (Wildman–Crippen LogP) is 4.99. The van der Waals surface area contributed by atoms with Gasteiger partial charge >= 0.3 is 0 Å². The number of para-hydroxylation sites is 1. The number of hydrogen-bond acceptors (Lipinski definition) is 3. The molecule has 0 aliphatic heterocycles.